The quantitative estimate of drug-likeness (QED) is 0.380. The number of aryl methyl sites for hydroxylation is 1. The van der Waals surface area contributed by atoms with Crippen LogP contribution in [0.25, 0.3) is 0 Å². The summed E-state index contributed by atoms with van der Waals surface area (Å²) in [4.78, 5) is 21.2. The second kappa shape index (κ2) is 10.3. The third-order valence-corrected chi connectivity index (χ3v) is 11.4. The van der Waals surface area contributed by atoms with Crippen molar-refractivity contribution >= 4 is 41.8 Å². The molecule has 0 aliphatic carbocycles. The smallest absolute Gasteiger partial charge is 0.410 e. The Morgan fingerprint density at radius 1 is 1.16 bits per heavy atom. The molecule has 7 nitrogen and oxygen atoms in total. The van der Waals surface area contributed by atoms with Gasteiger partial charge in [0.2, 0.25) is 0 Å². The lowest BCUT2D eigenvalue weighted by Crippen LogP contribution is -2.50. The van der Waals surface area contributed by atoms with Crippen LogP contribution in [-0.4, -0.2) is 69.2 Å². The van der Waals surface area contributed by atoms with E-state index in [1.54, 1.807) is 4.90 Å². The molecule has 0 aromatic carbocycles. The number of aromatic nitrogens is 1. The maximum atomic E-state index is 12.4. The summed E-state index contributed by atoms with van der Waals surface area (Å²) in [6.07, 6.45) is -0.252. The molecule has 1 fully saturated rings. The lowest BCUT2D eigenvalue weighted by atomic mass is 10.2. The number of halogens is 1. The number of amides is 1. The SMILES string of the molecule is Cc1nc(N2CCN(C(=O)OC(C)(C)C)CC2)c(NCCO[Si](C)(C)C(C)(C)C)cc1Br. The summed E-state index contributed by atoms with van der Waals surface area (Å²) in [7, 11) is -1.77. The molecule has 0 unspecified atom stereocenters. The molecule has 1 aromatic heterocycles. The summed E-state index contributed by atoms with van der Waals surface area (Å²) in [6.45, 7) is 23.0. The van der Waals surface area contributed by atoms with Gasteiger partial charge in [0.05, 0.1) is 18.0 Å². The molecule has 1 saturated heterocycles. The highest BCUT2D eigenvalue weighted by atomic mass is 79.9. The van der Waals surface area contributed by atoms with Crippen molar-refractivity contribution in [2.75, 3.05) is 49.5 Å². The van der Waals surface area contributed by atoms with Gasteiger partial charge in [-0.1, -0.05) is 20.8 Å². The van der Waals surface area contributed by atoms with E-state index in [9.17, 15) is 4.79 Å². The van der Waals surface area contributed by atoms with Crippen LogP contribution in [0.15, 0.2) is 10.5 Å². The molecular weight excluding hydrogens is 488 g/mol. The van der Waals surface area contributed by atoms with Crippen molar-refractivity contribution in [3.8, 4) is 0 Å². The Morgan fingerprint density at radius 2 is 1.75 bits per heavy atom. The summed E-state index contributed by atoms with van der Waals surface area (Å²) in [5.41, 5.74) is 1.44. The molecule has 0 bridgehead atoms. The van der Waals surface area contributed by atoms with Crippen molar-refractivity contribution in [2.24, 2.45) is 0 Å². The maximum absolute atomic E-state index is 12.4. The molecule has 182 valence electrons. The third kappa shape index (κ3) is 7.35. The van der Waals surface area contributed by atoms with Gasteiger partial charge in [0.25, 0.3) is 0 Å². The third-order valence-electron chi connectivity index (χ3n) is 6.05. The van der Waals surface area contributed by atoms with Crippen LogP contribution in [0.3, 0.4) is 0 Å². The van der Waals surface area contributed by atoms with Crippen LogP contribution >= 0.6 is 15.9 Å². The summed E-state index contributed by atoms with van der Waals surface area (Å²) in [5, 5.41) is 3.72. The zero-order chi connectivity index (χ0) is 24.3. The number of nitrogens with one attached hydrogen (secondary N) is 1. The molecule has 1 aliphatic rings. The summed E-state index contributed by atoms with van der Waals surface area (Å²) in [5.74, 6) is 0.918. The van der Waals surface area contributed by atoms with Crippen LogP contribution in [-0.2, 0) is 9.16 Å². The van der Waals surface area contributed by atoms with Crippen molar-refractivity contribution in [3.05, 3.63) is 16.2 Å². The highest BCUT2D eigenvalue weighted by Crippen LogP contribution is 2.36. The van der Waals surface area contributed by atoms with Crippen molar-refractivity contribution in [2.45, 2.75) is 72.2 Å². The van der Waals surface area contributed by atoms with E-state index in [2.05, 4.69) is 66.1 Å². The number of carbonyl (C=O) groups is 1. The van der Waals surface area contributed by atoms with Crippen LogP contribution in [0.5, 0.6) is 0 Å². The molecule has 2 heterocycles. The molecule has 2 rings (SSSR count). The summed E-state index contributed by atoms with van der Waals surface area (Å²) < 4.78 is 12.8. The minimum atomic E-state index is -1.77. The topological polar surface area (TPSA) is 66.9 Å². The highest BCUT2D eigenvalue weighted by molar-refractivity contribution is 9.10. The first-order valence-electron chi connectivity index (χ1n) is 11.4. The molecular formula is C23H41BrN4O3Si. The van der Waals surface area contributed by atoms with Crippen LogP contribution in [0.1, 0.15) is 47.2 Å². The molecule has 0 saturated carbocycles. The molecule has 1 amide bonds. The van der Waals surface area contributed by atoms with Crippen molar-refractivity contribution < 1.29 is 14.0 Å². The fourth-order valence-electron chi connectivity index (χ4n) is 3.08. The van der Waals surface area contributed by atoms with Gasteiger partial charge in [-0.25, -0.2) is 9.78 Å². The average molecular weight is 530 g/mol. The van der Waals surface area contributed by atoms with Gasteiger partial charge < -0.3 is 24.3 Å². The number of pyridine rings is 1. The number of hydrogen-bond acceptors (Lipinski definition) is 6. The Balaban J connectivity index is 2.02. The number of carbonyl (C=O) groups excluding carboxylic acids is 1. The Hall–Kier alpha value is -1.32. The zero-order valence-electron chi connectivity index (χ0n) is 21.3. The lowest BCUT2D eigenvalue weighted by Gasteiger charge is -2.37. The normalized spacial score (nSPS) is 15.7. The molecule has 0 radical (unpaired) electrons. The van der Waals surface area contributed by atoms with Crippen molar-refractivity contribution in [1.29, 1.82) is 0 Å². The monoisotopic (exact) mass is 528 g/mol. The Labute approximate surface area is 203 Å². The average Bonchev–Trinajstić information content (AvgIpc) is 2.65. The number of anilines is 2. The van der Waals surface area contributed by atoms with Crippen LogP contribution in [0.2, 0.25) is 18.1 Å². The standard InChI is InChI=1S/C23H41BrN4O3Si/c1-17-18(24)16-19(25-10-15-30-32(8,9)23(5,6)7)20(26-17)27-11-13-28(14-12-27)21(29)31-22(2,3)4/h16,25H,10-15H2,1-9H3. The van der Waals surface area contributed by atoms with Gasteiger partial charge in [-0.3, -0.25) is 0 Å². The van der Waals surface area contributed by atoms with Gasteiger partial charge in [0.1, 0.15) is 5.60 Å². The lowest BCUT2D eigenvalue weighted by molar-refractivity contribution is 0.0240. The number of rotatable bonds is 6. The first kappa shape index (κ1) is 26.9. The summed E-state index contributed by atoms with van der Waals surface area (Å²) >= 11 is 3.61. The van der Waals surface area contributed by atoms with E-state index < -0.39 is 13.9 Å². The predicted molar refractivity (Wildman–Crippen MR) is 138 cm³/mol. The second-order valence-electron chi connectivity index (χ2n) is 10.9. The van der Waals surface area contributed by atoms with Crippen LogP contribution < -0.4 is 10.2 Å². The Kier molecular flexibility index (Phi) is 8.67. The van der Waals surface area contributed by atoms with Gasteiger partial charge in [-0.15, -0.1) is 0 Å². The van der Waals surface area contributed by atoms with E-state index >= 15 is 0 Å². The highest BCUT2D eigenvalue weighted by Gasteiger charge is 2.37. The molecule has 0 spiro atoms. The van der Waals surface area contributed by atoms with E-state index in [1.165, 1.54) is 0 Å². The minimum Gasteiger partial charge on any atom is -0.444 e. The van der Waals surface area contributed by atoms with E-state index in [0.29, 0.717) is 39.3 Å². The van der Waals surface area contributed by atoms with E-state index in [0.717, 1.165) is 21.7 Å². The largest absolute Gasteiger partial charge is 0.444 e. The zero-order valence-corrected chi connectivity index (χ0v) is 23.9. The van der Waals surface area contributed by atoms with Gasteiger partial charge >= 0.3 is 6.09 Å². The molecule has 1 aliphatic heterocycles. The van der Waals surface area contributed by atoms with Gasteiger partial charge in [0, 0.05) is 37.2 Å². The summed E-state index contributed by atoms with van der Waals surface area (Å²) in [6, 6.07) is 2.09. The van der Waals surface area contributed by atoms with Crippen molar-refractivity contribution in [1.82, 2.24) is 9.88 Å². The first-order chi connectivity index (χ1) is 14.6. The van der Waals surface area contributed by atoms with Gasteiger partial charge in [-0.2, -0.15) is 0 Å². The fraction of sp³-hybridized carbons (Fsp3) is 0.739. The molecule has 9 heteroatoms. The van der Waals surface area contributed by atoms with Gasteiger partial charge in [0.15, 0.2) is 14.1 Å². The fourth-order valence-corrected chi connectivity index (χ4v) is 4.44. The molecule has 32 heavy (non-hydrogen) atoms. The number of piperazine rings is 1. The molecule has 0 atom stereocenters. The molecule has 1 aromatic rings. The number of ether oxygens (including phenoxy) is 1. The maximum Gasteiger partial charge on any atom is 0.410 e. The predicted octanol–water partition coefficient (Wildman–Crippen LogP) is 5.64. The van der Waals surface area contributed by atoms with Crippen molar-refractivity contribution in [3.63, 3.8) is 0 Å². The first-order valence-corrected chi connectivity index (χ1v) is 15.1. The van der Waals surface area contributed by atoms with E-state index in [4.69, 9.17) is 14.1 Å². The Morgan fingerprint density at radius 3 is 2.28 bits per heavy atom. The number of nitrogens with zero attached hydrogens (tertiary/aromatic N) is 3. The van der Waals surface area contributed by atoms with E-state index in [-0.39, 0.29) is 11.1 Å². The second-order valence-corrected chi connectivity index (χ2v) is 16.6. The van der Waals surface area contributed by atoms with Crippen LogP contribution in [0, 0.1) is 6.92 Å². The minimum absolute atomic E-state index is 0.195. The van der Waals surface area contributed by atoms with Crippen LogP contribution in [0.4, 0.5) is 16.3 Å². The van der Waals surface area contributed by atoms with Gasteiger partial charge in [-0.05, 0) is 67.8 Å². The Bertz CT molecular complexity index is 798. The van der Waals surface area contributed by atoms with E-state index in [1.807, 2.05) is 27.7 Å². The molecule has 1 N–H and O–H groups in total. The number of hydrogen-bond donors (Lipinski definition) is 1.